The molecule has 1 N–H and O–H groups in total. The molecular formula is C16H32N2O. The fourth-order valence-electron chi connectivity index (χ4n) is 2.97. The first-order valence-corrected chi connectivity index (χ1v) is 7.92. The topological polar surface area (TPSA) is 32.3 Å². The second-order valence-corrected chi connectivity index (χ2v) is 6.80. The second kappa shape index (κ2) is 7.88. The molecule has 19 heavy (non-hydrogen) atoms. The molecule has 0 bridgehead atoms. The van der Waals surface area contributed by atoms with Crippen LogP contribution in [0.2, 0.25) is 0 Å². The van der Waals surface area contributed by atoms with Crippen molar-refractivity contribution in [3.8, 4) is 0 Å². The Hall–Kier alpha value is -0.570. The van der Waals surface area contributed by atoms with E-state index >= 15 is 0 Å². The Kier molecular flexibility index (Phi) is 6.84. The van der Waals surface area contributed by atoms with Gasteiger partial charge >= 0.3 is 0 Å². The van der Waals surface area contributed by atoms with E-state index in [9.17, 15) is 4.79 Å². The maximum absolute atomic E-state index is 12.5. The van der Waals surface area contributed by atoms with Gasteiger partial charge in [-0.3, -0.25) is 4.79 Å². The van der Waals surface area contributed by atoms with E-state index in [0.717, 1.165) is 32.0 Å². The second-order valence-electron chi connectivity index (χ2n) is 6.80. The van der Waals surface area contributed by atoms with E-state index in [1.54, 1.807) is 0 Å². The lowest BCUT2D eigenvalue weighted by Crippen LogP contribution is -2.41. The van der Waals surface area contributed by atoms with Gasteiger partial charge < -0.3 is 10.2 Å². The van der Waals surface area contributed by atoms with E-state index in [0.29, 0.717) is 23.8 Å². The van der Waals surface area contributed by atoms with Gasteiger partial charge in [0, 0.05) is 19.0 Å². The number of rotatable bonds is 6. The molecule has 1 aliphatic heterocycles. The summed E-state index contributed by atoms with van der Waals surface area (Å²) in [5.74, 6) is 2.12. The highest BCUT2D eigenvalue weighted by molar-refractivity contribution is 5.76. The summed E-state index contributed by atoms with van der Waals surface area (Å²) in [6, 6.07) is 0.315. The fraction of sp³-hybridized carbons (Fsp3) is 0.938. The van der Waals surface area contributed by atoms with Gasteiger partial charge in [-0.15, -0.1) is 0 Å². The number of piperidine rings is 1. The van der Waals surface area contributed by atoms with Gasteiger partial charge in [-0.2, -0.15) is 0 Å². The lowest BCUT2D eigenvalue weighted by Gasteiger charge is -2.32. The molecule has 0 saturated carbocycles. The summed E-state index contributed by atoms with van der Waals surface area (Å²) in [7, 11) is 0. The molecule has 1 heterocycles. The third-order valence-corrected chi connectivity index (χ3v) is 4.19. The summed E-state index contributed by atoms with van der Waals surface area (Å²) in [5.41, 5.74) is 0. The van der Waals surface area contributed by atoms with Crippen molar-refractivity contribution in [3.63, 3.8) is 0 Å². The van der Waals surface area contributed by atoms with Gasteiger partial charge in [-0.05, 0) is 57.5 Å². The van der Waals surface area contributed by atoms with E-state index in [1.165, 1.54) is 12.8 Å². The zero-order chi connectivity index (χ0) is 14.4. The Balaban J connectivity index is 2.50. The Morgan fingerprint density at radius 1 is 1.16 bits per heavy atom. The molecule has 1 rings (SSSR count). The number of amides is 1. The fourth-order valence-corrected chi connectivity index (χ4v) is 2.97. The van der Waals surface area contributed by atoms with Crippen LogP contribution in [0.4, 0.5) is 0 Å². The van der Waals surface area contributed by atoms with Crippen molar-refractivity contribution in [2.24, 2.45) is 17.8 Å². The first kappa shape index (κ1) is 16.5. The van der Waals surface area contributed by atoms with E-state index in [1.807, 2.05) is 0 Å². The van der Waals surface area contributed by atoms with Gasteiger partial charge in [0.1, 0.15) is 0 Å². The number of nitrogens with one attached hydrogen (secondary N) is 1. The summed E-state index contributed by atoms with van der Waals surface area (Å²) in [5, 5.41) is 3.39. The van der Waals surface area contributed by atoms with Crippen LogP contribution < -0.4 is 5.32 Å². The van der Waals surface area contributed by atoms with Crippen LogP contribution in [-0.4, -0.2) is 36.5 Å². The molecule has 0 radical (unpaired) electrons. The number of hydrogen-bond acceptors (Lipinski definition) is 2. The third-order valence-electron chi connectivity index (χ3n) is 4.19. The molecule has 1 fully saturated rings. The van der Waals surface area contributed by atoms with Crippen LogP contribution in [0, 0.1) is 17.8 Å². The molecule has 112 valence electrons. The van der Waals surface area contributed by atoms with E-state index in [2.05, 4.69) is 44.8 Å². The predicted octanol–water partition coefficient (Wildman–Crippen LogP) is 2.91. The van der Waals surface area contributed by atoms with Crippen LogP contribution in [0.25, 0.3) is 0 Å². The van der Waals surface area contributed by atoms with E-state index < -0.39 is 0 Å². The highest BCUT2D eigenvalue weighted by Gasteiger charge is 2.25. The lowest BCUT2D eigenvalue weighted by molar-refractivity contribution is -0.134. The quantitative estimate of drug-likeness (QED) is 0.803. The average molecular weight is 268 g/mol. The van der Waals surface area contributed by atoms with Crippen LogP contribution in [0.1, 0.15) is 53.9 Å². The molecular weight excluding hydrogens is 236 g/mol. The molecule has 0 aromatic carbocycles. The minimum atomic E-state index is 0.315. The Morgan fingerprint density at radius 3 is 2.21 bits per heavy atom. The summed E-state index contributed by atoms with van der Waals surface area (Å²) in [6.07, 6.45) is 3.16. The van der Waals surface area contributed by atoms with Crippen LogP contribution >= 0.6 is 0 Å². The molecule has 1 unspecified atom stereocenters. The van der Waals surface area contributed by atoms with Gasteiger partial charge in [0.25, 0.3) is 0 Å². The lowest BCUT2D eigenvalue weighted by atomic mass is 9.84. The Bertz CT molecular complexity index is 270. The van der Waals surface area contributed by atoms with E-state index in [4.69, 9.17) is 0 Å². The first-order valence-electron chi connectivity index (χ1n) is 7.92. The zero-order valence-electron chi connectivity index (χ0n) is 13.4. The highest BCUT2D eigenvalue weighted by Crippen LogP contribution is 2.25. The van der Waals surface area contributed by atoms with Gasteiger partial charge in [0.2, 0.25) is 5.91 Å². The maximum atomic E-state index is 12.5. The van der Waals surface area contributed by atoms with Gasteiger partial charge in [0.15, 0.2) is 0 Å². The molecule has 0 aromatic rings. The summed E-state index contributed by atoms with van der Waals surface area (Å²) < 4.78 is 0. The summed E-state index contributed by atoms with van der Waals surface area (Å²) in [4.78, 5) is 14.5. The largest absolute Gasteiger partial charge is 0.340 e. The van der Waals surface area contributed by atoms with Crippen molar-refractivity contribution < 1.29 is 4.79 Å². The number of nitrogens with zero attached hydrogens (tertiary/aromatic N) is 1. The van der Waals surface area contributed by atoms with Crippen LogP contribution in [0.5, 0.6) is 0 Å². The van der Waals surface area contributed by atoms with Gasteiger partial charge in [0.05, 0.1) is 0 Å². The smallest absolute Gasteiger partial charge is 0.223 e. The van der Waals surface area contributed by atoms with Gasteiger partial charge in [-0.25, -0.2) is 0 Å². The molecule has 1 amide bonds. The van der Waals surface area contributed by atoms with Crippen molar-refractivity contribution in [1.29, 1.82) is 0 Å². The van der Waals surface area contributed by atoms with Crippen molar-refractivity contribution in [3.05, 3.63) is 0 Å². The monoisotopic (exact) mass is 268 g/mol. The standard InChI is InChI=1S/C16H32N2O/c1-12(2)11-18(13(3)4)16(19)10-14(5)15-6-8-17-9-7-15/h12-15,17H,6-11H2,1-5H3. The minimum Gasteiger partial charge on any atom is -0.340 e. The number of carbonyl (C=O) groups is 1. The molecule has 0 aromatic heterocycles. The molecule has 1 atom stereocenters. The summed E-state index contributed by atoms with van der Waals surface area (Å²) in [6.45, 7) is 14.0. The van der Waals surface area contributed by atoms with E-state index in [-0.39, 0.29) is 0 Å². The molecule has 1 aliphatic rings. The SMILES string of the molecule is CC(C)CN(C(=O)CC(C)C1CCNCC1)C(C)C. The van der Waals surface area contributed by atoms with Crippen molar-refractivity contribution in [2.45, 2.75) is 59.9 Å². The average Bonchev–Trinajstić information content (AvgIpc) is 2.36. The highest BCUT2D eigenvalue weighted by atomic mass is 16.2. The normalized spacial score (nSPS) is 18.9. The minimum absolute atomic E-state index is 0.315. The molecule has 0 spiro atoms. The maximum Gasteiger partial charge on any atom is 0.223 e. The number of hydrogen-bond donors (Lipinski definition) is 1. The van der Waals surface area contributed by atoms with Gasteiger partial charge in [-0.1, -0.05) is 20.8 Å². The molecule has 1 saturated heterocycles. The molecule has 0 aliphatic carbocycles. The number of carbonyl (C=O) groups excluding carboxylic acids is 1. The zero-order valence-corrected chi connectivity index (χ0v) is 13.4. The van der Waals surface area contributed by atoms with Crippen LogP contribution in [0.15, 0.2) is 0 Å². The van der Waals surface area contributed by atoms with Crippen molar-refractivity contribution in [1.82, 2.24) is 10.2 Å². The van der Waals surface area contributed by atoms with Crippen molar-refractivity contribution >= 4 is 5.91 Å². The predicted molar refractivity (Wildman–Crippen MR) is 81.1 cm³/mol. The third kappa shape index (κ3) is 5.52. The van der Waals surface area contributed by atoms with Crippen LogP contribution in [0.3, 0.4) is 0 Å². The first-order chi connectivity index (χ1) is 8.91. The molecule has 3 nitrogen and oxygen atoms in total. The van der Waals surface area contributed by atoms with Crippen LogP contribution in [-0.2, 0) is 4.79 Å². The Morgan fingerprint density at radius 2 is 1.74 bits per heavy atom. The molecule has 3 heteroatoms. The Labute approximate surface area is 119 Å². The van der Waals surface area contributed by atoms with Crippen molar-refractivity contribution in [2.75, 3.05) is 19.6 Å². The summed E-state index contributed by atoms with van der Waals surface area (Å²) >= 11 is 0.